The van der Waals surface area contributed by atoms with Gasteiger partial charge in [0.25, 0.3) is 5.91 Å². The number of hydrogen-bond acceptors (Lipinski definition) is 5. The molecular formula is C19H20N2O4. The number of nitrogens with one attached hydrogen (secondary N) is 1. The molecule has 1 fully saturated rings. The van der Waals surface area contributed by atoms with Crippen molar-refractivity contribution in [3.63, 3.8) is 0 Å². The summed E-state index contributed by atoms with van der Waals surface area (Å²) in [6, 6.07) is 12.0. The summed E-state index contributed by atoms with van der Waals surface area (Å²) in [6.07, 6.45) is 0.112. The maximum atomic E-state index is 12.7. The van der Waals surface area contributed by atoms with Gasteiger partial charge in [0.2, 0.25) is 5.91 Å². The van der Waals surface area contributed by atoms with E-state index in [9.17, 15) is 9.59 Å². The minimum absolute atomic E-state index is 0.112. The van der Waals surface area contributed by atoms with Crippen LogP contribution in [0.1, 0.15) is 12.0 Å². The maximum Gasteiger partial charge on any atom is 0.256 e. The molecule has 0 spiro atoms. The molecule has 0 aliphatic carbocycles. The topological polar surface area (TPSA) is 67.9 Å². The van der Waals surface area contributed by atoms with Crippen molar-refractivity contribution < 1.29 is 19.1 Å². The summed E-state index contributed by atoms with van der Waals surface area (Å²) in [7, 11) is 3.11. The highest BCUT2D eigenvalue weighted by atomic mass is 16.5. The molecule has 0 bridgehead atoms. The van der Waals surface area contributed by atoms with E-state index in [1.54, 1.807) is 44.6 Å². The van der Waals surface area contributed by atoms with Crippen molar-refractivity contribution >= 4 is 23.2 Å². The Morgan fingerprint density at radius 3 is 2.32 bits per heavy atom. The van der Waals surface area contributed by atoms with Crippen LogP contribution in [0.15, 0.2) is 42.5 Å². The second kappa shape index (κ2) is 6.84. The van der Waals surface area contributed by atoms with Gasteiger partial charge in [-0.3, -0.25) is 9.59 Å². The van der Waals surface area contributed by atoms with Crippen molar-refractivity contribution in [3.8, 4) is 11.5 Å². The molecule has 1 aliphatic heterocycles. The molecule has 6 heteroatoms. The molecule has 1 N–H and O–H groups in total. The van der Waals surface area contributed by atoms with Gasteiger partial charge in [-0.05, 0) is 31.2 Å². The Kier molecular flexibility index (Phi) is 4.61. The summed E-state index contributed by atoms with van der Waals surface area (Å²) in [6.45, 7) is 1.96. The van der Waals surface area contributed by atoms with Crippen LogP contribution in [0, 0.1) is 6.92 Å². The van der Waals surface area contributed by atoms with Crippen LogP contribution < -0.4 is 19.7 Å². The molecule has 25 heavy (non-hydrogen) atoms. The first-order chi connectivity index (χ1) is 12.0. The molecule has 0 radical (unpaired) electrons. The summed E-state index contributed by atoms with van der Waals surface area (Å²) in [5.41, 5.74) is 2.36. The average molecular weight is 340 g/mol. The molecule has 1 heterocycles. The van der Waals surface area contributed by atoms with Crippen molar-refractivity contribution in [1.82, 2.24) is 0 Å². The van der Waals surface area contributed by atoms with Crippen molar-refractivity contribution in [2.45, 2.75) is 19.4 Å². The number of ether oxygens (including phenoxy) is 2. The Hall–Kier alpha value is -3.02. The molecule has 1 unspecified atom stereocenters. The first kappa shape index (κ1) is 16.8. The Morgan fingerprint density at radius 2 is 1.68 bits per heavy atom. The fourth-order valence-corrected chi connectivity index (χ4v) is 2.84. The molecule has 0 saturated carbocycles. The van der Waals surface area contributed by atoms with E-state index in [2.05, 4.69) is 5.32 Å². The zero-order valence-electron chi connectivity index (χ0n) is 14.4. The monoisotopic (exact) mass is 340 g/mol. The van der Waals surface area contributed by atoms with Gasteiger partial charge < -0.3 is 14.8 Å². The molecule has 1 atom stereocenters. The Bertz CT molecular complexity index is 802. The molecule has 130 valence electrons. The van der Waals surface area contributed by atoms with E-state index in [1.165, 1.54) is 4.90 Å². The number of anilines is 2. The first-order valence-electron chi connectivity index (χ1n) is 7.95. The van der Waals surface area contributed by atoms with Crippen LogP contribution in [-0.4, -0.2) is 32.1 Å². The number of carbonyl (C=O) groups is 2. The number of nitrogens with zero attached hydrogens (tertiary/aromatic N) is 1. The number of methoxy groups -OCH3 is 2. The third-order valence-electron chi connectivity index (χ3n) is 4.16. The van der Waals surface area contributed by atoms with E-state index < -0.39 is 6.04 Å². The lowest BCUT2D eigenvalue weighted by atomic mass is 10.2. The quantitative estimate of drug-likeness (QED) is 0.848. The predicted octanol–water partition coefficient (Wildman–Crippen LogP) is 2.76. The van der Waals surface area contributed by atoms with Gasteiger partial charge in [0.05, 0.1) is 26.3 Å². The molecule has 2 amide bonds. The normalized spacial score (nSPS) is 16.9. The smallest absolute Gasteiger partial charge is 0.256 e. The highest BCUT2D eigenvalue weighted by molar-refractivity contribution is 6.23. The third-order valence-corrected chi connectivity index (χ3v) is 4.16. The molecule has 3 rings (SSSR count). The van der Waals surface area contributed by atoms with Gasteiger partial charge in [-0.15, -0.1) is 0 Å². The van der Waals surface area contributed by atoms with Crippen LogP contribution in [-0.2, 0) is 9.59 Å². The predicted molar refractivity (Wildman–Crippen MR) is 95.2 cm³/mol. The first-order valence-corrected chi connectivity index (χ1v) is 7.95. The molecule has 0 aromatic heterocycles. The van der Waals surface area contributed by atoms with Crippen molar-refractivity contribution in [2.75, 3.05) is 24.4 Å². The SMILES string of the molecule is COc1ccc(NC2CC(=O)N(c3ccc(C)cc3)C2=O)cc1OC. The summed E-state index contributed by atoms with van der Waals surface area (Å²) in [5, 5.41) is 3.11. The van der Waals surface area contributed by atoms with Crippen LogP contribution in [0.3, 0.4) is 0 Å². The Balaban J connectivity index is 1.79. The van der Waals surface area contributed by atoms with E-state index in [0.29, 0.717) is 22.9 Å². The standard InChI is InChI=1S/C19H20N2O4/c1-12-4-7-14(8-5-12)21-18(22)11-15(19(21)23)20-13-6-9-16(24-2)17(10-13)25-3/h4-10,15,20H,11H2,1-3H3. The van der Waals surface area contributed by atoms with E-state index in [-0.39, 0.29) is 18.2 Å². The molecule has 6 nitrogen and oxygen atoms in total. The van der Waals surface area contributed by atoms with Crippen LogP contribution in [0.25, 0.3) is 0 Å². The minimum Gasteiger partial charge on any atom is -0.493 e. The zero-order chi connectivity index (χ0) is 18.0. The zero-order valence-corrected chi connectivity index (χ0v) is 14.4. The number of hydrogen-bond donors (Lipinski definition) is 1. The second-order valence-electron chi connectivity index (χ2n) is 5.87. The largest absolute Gasteiger partial charge is 0.493 e. The highest BCUT2D eigenvalue weighted by Crippen LogP contribution is 2.31. The van der Waals surface area contributed by atoms with Gasteiger partial charge in [-0.1, -0.05) is 17.7 Å². The number of amides is 2. The molecule has 2 aromatic carbocycles. The fraction of sp³-hybridized carbons (Fsp3) is 0.263. The number of rotatable bonds is 5. The Morgan fingerprint density at radius 1 is 1.00 bits per heavy atom. The van der Waals surface area contributed by atoms with E-state index in [0.717, 1.165) is 5.56 Å². The average Bonchev–Trinajstić information content (AvgIpc) is 2.89. The van der Waals surface area contributed by atoms with Gasteiger partial charge in [0.1, 0.15) is 6.04 Å². The lowest BCUT2D eigenvalue weighted by Crippen LogP contribution is -2.34. The number of benzene rings is 2. The fourth-order valence-electron chi connectivity index (χ4n) is 2.84. The second-order valence-corrected chi connectivity index (χ2v) is 5.87. The summed E-state index contributed by atoms with van der Waals surface area (Å²) < 4.78 is 10.5. The number of aryl methyl sites for hydroxylation is 1. The lowest BCUT2D eigenvalue weighted by Gasteiger charge is -2.17. The highest BCUT2D eigenvalue weighted by Gasteiger charge is 2.39. The van der Waals surface area contributed by atoms with Gasteiger partial charge in [0.15, 0.2) is 11.5 Å². The van der Waals surface area contributed by atoms with Crippen LogP contribution in [0.2, 0.25) is 0 Å². The summed E-state index contributed by atoms with van der Waals surface area (Å²) >= 11 is 0. The van der Waals surface area contributed by atoms with Gasteiger partial charge in [-0.2, -0.15) is 0 Å². The van der Waals surface area contributed by atoms with Gasteiger partial charge >= 0.3 is 0 Å². The minimum atomic E-state index is -0.605. The van der Waals surface area contributed by atoms with Crippen molar-refractivity contribution in [1.29, 1.82) is 0 Å². The summed E-state index contributed by atoms with van der Waals surface area (Å²) in [4.78, 5) is 26.2. The lowest BCUT2D eigenvalue weighted by molar-refractivity contribution is -0.121. The summed E-state index contributed by atoms with van der Waals surface area (Å²) in [5.74, 6) is 0.679. The Labute approximate surface area is 146 Å². The molecular weight excluding hydrogens is 320 g/mol. The number of carbonyl (C=O) groups excluding carboxylic acids is 2. The molecule has 1 aliphatic rings. The van der Waals surface area contributed by atoms with Gasteiger partial charge in [0, 0.05) is 11.8 Å². The third kappa shape index (κ3) is 3.28. The van der Waals surface area contributed by atoms with Gasteiger partial charge in [-0.25, -0.2) is 4.90 Å². The van der Waals surface area contributed by atoms with Crippen molar-refractivity contribution in [3.05, 3.63) is 48.0 Å². The molecule has 1 saturated heterocycles. The van der Waals surface area contributed by atoms with Crippen molar-refractivity contribution in [2.24, 2.45) is 0 Å². The molecule has 2 aromatic rings. The van der Waals surface area contributed by atoms with Crippen LogP contribution >= 0.6 is 0 Å². The van der Waals surface area contributed by atoms with E-state index >= 15 is 0 Å². The maximum absolute atomic E-state index is 12.7. The number of imide groups is 1. The van der Waals surface area contributed by atoms with E-state index in [1.807, 2.05) is 19.1 Å². The van der Waals surface area contributed by atoms with Crippen LogP contribution in [0.5, 0.6) is 11.5 Å². The van der Waals surface area contributed by atoms with E-state index in [4.69, 9.17) is 9.47 Å². The van der Waals surface area contributed by atoms with Crippen LogP contribution in [0.4, 0.5) is 11.4 Å².